The molecular weight excluding hydrogens is 108 g/mol. The van der Waals surface area contributed by atoms with Gasteiger partial charge in [0.05, 0.1) is 0 Å². The molecule has 0 aromatic rings. The lowest BCUT2D eigenvalue weighted by Gasteiger charge is -2.07. The average Bonchev–Trinajstić information content (AvgIpc) is 2.35. The van der Waals surface area contributed by atoms with Gasteiger partial charge in [0.25, 0.3) is 0 Å². The molecule has 0 nitrogen and oxygen atoms in total. The van der Waals surface area contributed by atoms with E-state index in [1.54, 1.807) is 0 Å². The van der Waals surface area contributed by atoms with Crippen LogP contribution in [0.4, 0.5) is 0 Å². The van der Waals surface area contributed by atoms with Crippen LogP contribution in [-0.4, -0.2) is 0 Å². The lowest BCUT2D eigenvalue weighted by Crippen LogP contribution is -1.99. The van der Waals surface area contributed by atoms with Crippen molar-refractivity contribution in [1.29, 1.82) is 0 Å². The molecule has 0 aromatic carbocycles. The lowest BCUT2D eigenvalue weighted by molar-refractivity contribution is 0.627. The zero-order valence-corrected chi connectivity index (χ0v) is 5.54. The maximum absolute atomic E-state index is 2.28. The van der Waals surface area contributed by atoms with Crippen LogP contribution in [0.2, 0.25) is 0 Å². The monoisotopic (exact) mass is 118 g/mol. The summed E-state index contributed by atoms with van der Waals surface area (Å²) in [5.41, 5.74) is 1.49. The van der Waals surface area contributed by atoms with Crippen molar-refractivity contribution in [2.75, 3.05) is 0 Å². The molecule has 2 unspecified atom stereocenters. The molecule has 46 valence electrons. The molecule has 0 aliphatic heterocycles. The number of rotatable bonds is 0. The van der Waals surface area contributed by atoms with E-state index in [-0.39, 0.29) is 0 Å². The molecular formula is C9H10. The molecule has 2 atom stereocenters. The summed E-state index contributed by atoms with van der Waals surface area (Å²) in [7, 11) is 0. The molecule has 0 saturated carbocycles. The highest BCUT2D eigenvalue weighted by Crippen LogP contribution is 2.34. The molecule has 0 heterocycles. The minimum absolute atomic E-state index is 0.713. The van der Waals surface area contributed by atoms with Crippen molar-refractivity contribution in [1.82, 2.24) is 0 Å². The van der Waals surface area contributed by atoms with Crippen LogP contribution in [0.5, 0.6) is 0 Å². The molecule has 2 aliphatic rings. The molecule has 0 heteroatoms. The van der Waals surface area contributed by atoms with E-state index in [1.165, 1.54) is 5.57 Å². The Kier molecular flexibility index (Phi) is 0.895. The van der Waals surface area contributed by atoms with Gasteiger partial charge in [0.2, 0.25) is 0 Å². The third-order valence-electron chi connectivity index (χ3n) is 2.15. The van der Waals surface area contributed by atoms with Crippen LogP contribution < -0.4 is 0 Å². The van der Waals surface area contributed by atoms with Crippen molar-refractivity contribution < 1.29 is 0 Å². The summed E-state index contributed by atoms with van der Waals surface area (Å²) in [5, 5.41) is 0. The minimum atomic E-state index is 0.713. The summed E-state index contributed by atoms with van der Waals surface area (Å²) in [6, 6.07) is 0. The first-order chi connectivity index (χ1) is 4.38. The van der Waals surface area contributed by atoms with Crippen LogP contribution >= 0.6 is 0 Å². The predicted molar refractivity (Wildman–Crippen MR) is 39.0 cm³/mol. The first-order valence-corrected chi connectivity index (χ1v) is 3.44. The van der Waals surface area contributed by atoms with Gasteiger partial charge in [0.15, 0.2) is 0 Å². The second-order valence-electron chi connectivity index (χ2n) is 2.80. The zero-order chi connectivity index (χ0) is 6.27. The summed E-state index contributed by atoms with van der Waals surface area (Å²) in [6.07, 6.45) is 11.1. The number of hydrogen-bond acceptors (Lipinski definition) is 0. The van der Waals surface area contributed by atoms with Gasteiger partial charge in [0.1, 0.15) is 0 Å². The van der Waals surface area contributed by atoms with E-state index >= 15 is 0 Å². The number of allylic oxidation sites excluding steroid dienone is 6. The Balaban J connectivity index is 2.37. The van der Waals surface area contributed by atoms with Crippen molar-refractivity contribution in [3.05, 3.63) is 36.0 Å². The summed E-state index contributed by atoms with van der Waals surface area (Å²) in [4.78, 5) is 0. The van der Waals surface area contributed by atoms with Crippen molar-refractivity contribution >= 4 is 0 Å². The fourth-order valence-corrected chi connectivity index (χ4v) is 1.54. The first-order valence-electron chi connectivity index (χ1n) is 3.44. The zero-order valence-electron chi connectivity index (χ0n) is 5.54. The van der Waals surface area contributed by atoms with Crippen LogP contribution in [0.1, 0.15) is 6.92 Å². The van der Waals surface area contributed by atoms with Crippen molar-refractivity contribution in [2.24, 2.45) is 11.8 Å². The third kappa shape index (κ3) is 0.593. The molecule has 0 amide bonds. The van der Waals surface area contributed by atoms with E-state index in [2.05, 4.69) is 37.3 Å². The first kappa shape index (κ1) is 5.04. The van der Waals surface area contributed by atoms with Crippen molar-refractivity contribution in [3.8, 4) is 0 Å². The van der Waals surface area contributed by atoms with Gasteiger partial charge in [-0.05, 0) is 11.5 Å². The maximum Gasteiger partial charge on any atom is 0.00812 e. The molecule has 0 aromatic heterocycles. The van der Waals surface area contributed by atoms with Gasteiger partial charge >= 0.3 is 0 Å². The summed E-state index contributed by atoms with van der Waals surface area (Å²) >= 11 is 0. The summed E-state index contributed by atoms with van der Waals surface area (Å²) in [5.74, 6) is 1.44. The highest BCUT2D eigenvalue weighted by molar-refractivity contribution is 5.41. The van der Waals surface area contributed by atoms with Crippen molar-refractivity contribution in [2.45, 2.75) is 6.92 Å². The van der Waals surface area contributed by atoms with E-state index in [9.17, 15) is 0 Å². The Bertz CT molecular complexity index is 206. The van der Waals surface area contributed by atoms with Crippen LogP contribution in [0.3, 0.4) is 0 Å². The third-order valence-corrected chi connectivity index (χ3v) is 2.15. The van der Waals surface area contributed by atoms with Gasteiger partial charge in [-0.25, -0.2) is 0 Å². The van der Waals surface area contributed by atoms with Gasteiger partial charge in [-0.1, -0.05) is 37.3 Å². The molecule has 2 aliphatic carbocycles. The summed E-state index contributed by atoms with van der Waals surface area (Å²) in [6.45, 7) is 2.26. The molecule has 0 spiro atoms. The largest absolute Gasteiger partial charge is 0.0805 e. The van der Waals surface area contributed by atoms with Crippen LogP contribution in [-0.2, 0) is 0 Å². The van der Waals surface area contributed by atoms with Gasteiger partial charge in [0, 0.05) is 5.92 Å². The number of fused-ring (bicyclic) bond motifs is 1. The summed E-state index contributed by atoms with van der Waals surface area (Å²) < 4.78 is 0. The van der Waals surface area contributed by atoms with E-state index in [0.717, 1.165) is 5.92 Å². The lowest BCUT2D eigenvalue weighted by atomic mass is 9.97. The van der Waals surface area contributed by atoms with Crippen LogP contribution in [0.15, 0.2) is 36.0 Å². The molecule has 0 saturated heterocycles. The molecule has 0 fully saturated rings. The molecule has 0 N–H and O–H groups in total. The molecule has 0 bridgehead atoms. The Morgan fingerprint density at radius 3 is 3.00 bits per heavy atom. The van der Waals surface area contributed by atoms with Gasteiger partial charge in [-0.2, -0.15) is 0 Å². The average molecular weight is 118 g/mol. The van der Waals surface area contributed by atoms with Crippen LogP contribution in [0, 0.1) is 11.8 Å². The van der Waals surface area contributed by atoms with Crippen molar-refractivity contribution in [3.63, 3.8) is 0 Å². The highest BCUT2D eigenvalue weighted by Gasteiger charge is 2.22. The second kappa shape index (κ2) is 1.60. The molecule has 0 radical (unpaired) electrons. The van der Waals surface area contributed by atoms with Gasteiger partial charge < -0.3 is 0 Å². The van der Waals surface area contributed by atoms with E-state index in [1.807, 2.05) is 0 Å². The highest BCUT2D eigenvalue weighted by atomic mass is 14.3. The van der Waals surface area contributed by atoms with E-state index in [4.69, 9.17) is 0 Å². The number of hydrogen-bond donors (Lipinski definition) is 0. The predicted octanol–water partition coefficient (Wildman–Crippen LogP) is 2.30. The quantitative estimate of drug-likeness (QED) is 0.458. The topological polar surface area (TPSA) is 0 Å². The fraction of sp³-hybridized carbons (Fsp3) is 0.333. The Labute approximate surface area is 55.6 Å². The van der Waals surface area contributed by atoms with E-state index in [0.29, 0.717) is 5.92 Å². The SMILES string of the molecule is CC1C=CC2=CC=CC21. The Morgan fingerprint density at radius 1 is 1.33 bits per heavy atom. The molecule has 2 rings (SSSR count). The molecule has 9 heavy (non-hydrogen) atoms. The fourth-order valence-electron chi connectivity index (χ4n) is 1.54. The van der Waals surface area contributed by atoms with E-state index < -0.39 is 0 Å². The standard InChI is InChI=1S/C9H10/c1-7-5-6-8-3-2-4-9(7)8/h2-7,9H,1H3. The maximum atomic E-state index is 2.28. The smallest absolute Gasteiger partial charge is 0.00812 e. The Morgan fingerprint density at radius 2 is 2.22 bits per heavy atom. The van der Waals surface area contributed by atoms with Gasteiger partial charge in [-0.15, -0.1) is 0 Å². The minimum Gasteiger partial charge on any atom is -0.0805 e. The van der Waals surface area contributed by atoms with Crippen LogP contribution in [0.25, 0.3) is 0 Å². The second-order valence-corrected chi connectivity index (χ2v) is 2.80. The Hall–Kier alpha value is -0.780. The normalized spacial score (nSPS) is 37.2. The van der Waals surface area contributed by atoms with Gasteiger partial charge in [-0.3, -0.25) is 0 Å².